The van der Waals surface area contributed by atoms with E-state index in [0.717, 1.165) is 0 Å². The fraction of sp³-hybridized carbons (Fsp3) is 1.00. The summed E-state index contributed by atoms with van der Waals surface area (Å²) in [4.78, 5) is 16.4. The molecular weight excluding hydrogens is 210 g/mol. The Bertz CT molecular complexity index is 154. The quantitative estimate of drug-likeness (QED) is 0.498. The molecule has 0 saturated carbocycles. The number of ether oxygens (including phenoxy) is 1. The van der Waals surface area contributed by atoms with Gasteiger partial charge in [0.25, 0.3) is 0 Å². The first kappa shape index (κ1) is 12.0. The Morgan fingerprint density at radius 2 is 1.67 bits per heavy atom. The Morgan fingerprint density at radius 3 is 1.92 bits per heavy atom. The number of hydrogen-bond acceptors (Lipinski definition) is 5. The molecule has 0 aromatic heterocycles. The maximum absolute atomic E-state index is 10.1. The third-order valence-electron chi connectivity index (χ3n) is 0.655. The summed E-state index contributed by atoms with van der Waals surface area (Å²) < 4.78 is 32.8. The van der Waals surface area contributed by atoms with Crippen molar-refractivity contribution in [2.24, 2.45) is 0 Å². The van der Waals surface area contributed by atoms with Crippen LogP contribution >= 0.6 is 16.5 Å². The molecule has 0 aliphatic carbocycles. The molecule has 0 amide bonds. The highest BCUT2D eigenvalue weighted by atomic mass is 31.1. The lowest BCUT2D eigenvalue weighted by Gasteiger charge is -2.00. The molecule has 0 spiro atoms. The van der Waals surface area contributed by atoms with Gasteiger partial charge in [0.15, 0.2) is 0 Å². The van der Waals surface area contributed by atoms with Crippen LogP contribution in [0.3, 0.4) is 0 Å². The van der Waals surface area contributed by atoms with Gasteiger partial charge in [-0.25, -0.2) is 0 Å². The highest BCUT2D eigenvalue weighted by Gasteiger charge is 2.32. The zero-order valence-electron chi connectivity index (χ0n) is 6.11. The summed E-state index contributed by atoms with van der Waals surface area (Å²) in [5, 5.41) is 0. The molecule has 2 atom stereocenters. The molecule has 7 nitrogen and oxygen atoms in total. The van der Waals surface area contributed by atoms with Crippen LogP contribution in [-0.4, -0.2) is 22.9 Å². The second kappa shape index (κ2) is 6.51. The van der Waals surface area contributed by atoms with E-state index in [1.165, 1.54) is 0 Å². The van der Waals surface area contributed by atoms with E-state index < -0.39 is 23.0 Å². The summed E-state index contributed by atoms with van der Waals surface area (Å²) >= 11 is 0. The highest BCUT2D eigenvalue weighted by Crippen LogP contribution is 2.26. The second-order valence-corrected chi connectivity index (χ2v) is 2.80. The molecule has 0 aliphatic heterocycles. The SMILES string of the molecule is CCOC(O[P+](=O)O)O[P+](=O)O. The van der Waals surface area contributed by atoms with Crippen molar-refractivity contribution in [3.63, 3.8) is 0 Å². The van der Waals surface area contributed by atoms with Gasteiger partial charge in [0.05, 0.1) is 0 Å². The summed E-state index contributed by atoms with van der Waals surface area (Å²) in [6, 6.07) is 0. The first-order valence-corrected chi connectivity index (χ1v) is 5.09. The van der Waals surface area contributed by atoms with Crippen LogP contribution in [0, 0.1) is 0 Å². The van der Waals surface area contributed by atoms with Gasteiger partial charge in [0, 0.05) is 15.7 Å². The molecular formula is C3H8O7P2+2. The predicted molar refractivity (Wildman–Crippen MR) is 37.2 cm³/mol. The topological polar surface area (TPSA) is 102 Å². The molecule has 2 unspecified atom stereocenters. The third kappa shape index (κ3) is 6.69. The van der Waals surface area contributed by atoms with Gasteiger partial charge in [-0.1, -0.05) is 9.05 Å². The van der Waals surface area contributed by atoms with Crippen LogP contribution in [0.5, 0.6) is 0 Å². The van der Waals surface area contributed by atoms with Gasteiger partial charge in [0.2, 0.25) is 0 Å². The number of hydrogen-bond donors (Lipinski definition) is 2. The zero-order chi connectivity index (χ0) is 9.56. The molecule has 0 heterocycles. The predicted octanol–water partition coefficient (Wildman–Crippen LogP) is 0.639. The normalized spacial score (nSPS) is 15.6. The molecule has 2 N–H and O–H groups in total. The molecule has 0 aromatic rings. The van der Waals surface area contributed by atoms with Crippen LogP contribution in [0.2, 0.25) is 0 Å². The average Bonchev–Trinajstić information content (AvgIpc) is 1.84. The highest BCUT2D eigenvalue weighted by molar-refractivity contribution is 7.32. The van der Waals surface area contributed by atoms with Crippen LogP contribution in [-0.2, 0) is 22.9 Å². The fourth-order valence-electron chi connectivity index (χ4n) is 0.363. The van der Waals surface area contributed by atoms with Crippen LogP contribution < -0.4 is 0 Å². The lowest BCUT2D eigenvalue weighted by atomic mass is 10.9. The van der Waals surface area contributed by atoms with Crippen molar-refractivity contribution in [2.75, 3.05) is 6.61 Å². The maximum atomic E-state index is 10.1. The van der Waals surface area contributed by atoms with E-state index in [9.17, 15) is 9.13 Å². The largest absolute Gasteiger partial charge is 0.700 e. The molecule has 0 bridgehead atoms. The molecule has 0 aliphatic rings. The van der Waals surface area contributed by atoms with E-state index in [0.29, 0.717) is 0 Å². The van der Waals surface area contributed by atoms with E-state index in [4.69, 9.17) is 9.79 Å². The minimum atomic E-state index is -2.92. The van der Waals surface area contributed by atoms with Gasteiger partial charge in [-0.15, -0.1) is 9.79 Å². The van der Waals surface area contributed by atoms with Gasteiger partial charge in [-0.3, -0.25) is 0 Å². The molecule has 12 heavy (non-hydrogen) atoms. The fourth-order valence-corrected chi connectivity index (χ4v) is 0.934. The standard InChI is InChI=1S/C3H6O7P2/c1-2-8-3(9-11(4)5)10-12(6)7/h3H,2H2,1H3/p+2. The molecule has 0 saturated heterocycles. The van der Waals surface area contributed by atoms with Crippen molar-refractivity contribution >= 4 is 16.5 Å². The van der Waals surface area contributed by atoms with E-state index in [1.807, 2.05) is 0 Å². The van der Waals surface area contributed by atoms with E-state index >= 15 is 0 Å². The Labute approximate surface area is 70.2 Å². The summed E-state index contributed by atoms with van der Waals surface area (Å²) in [7, 11) is -5.84. The summed E-state index contributed by atoms with van der Waals surface area (Å²) in [6.07, 6.45) is 0. The molecule has 0 rings (SSSR count). The minimum absolute atomic E-state index is 0.122. The second-order valence-electron chi connectivity index (χ2n) is 1.43. The molecule has 0 radical (unpaired) electrons. The van der Waals surface area contributed by atoms with Crippen LogP contribution in [0.15, 0.2) is 0 Å². The smallest absolute Gasteiger partial charge is 0.324 e. The monoisotopic (exact) mass is 218 g/mol. The van der Waals surface area contributed by atoms with Crippen LogP contribution in [0.1, 0.15) is 6.92 Å². The van der Waals surface area contributed by atoms with Gasteiger partial charge in [-0.05, 0) is 6.92 Å². The molecule has 0 fully saturated rings. The van der Waals surface area contributed by atoms with Gasteiger partial charge in [-0.2, -0.15) is 0 Å². The van der Waals surface area contributed by atoms with Crippen LogP contribution in [0.25, 0.3) is 0 Å². The van der Waals surface area contributed by atoms with E-state index in [-0.39, 0.29) is 6.61 Å². The Balaban J connectivity index is 3.85. The lowest BCUT2D eigenvalue weighted by molar-refractivity contribution is -0.196. The van der Waals surface area contributed by atoms with Gasteiger partial charge >= 0.3 is 23.0 Å². The van der Waals surface area contributed by atoms with E-state index in [2.05, 4.69) is 13.8 Å². The van der Waals surface area contributed by atoms with Gasteiger partial charge in [0.1, 0.15) is 0 Å². The van der Waals surface area contributed by atoms with Crippen LogP contribution in [0.4, 0.5) is 0 Å². The first-order valence-electron chi connectivity index (χ1n) is 2.83. The minimum Gasteiger partial charge on any atom is -0.324 e. The van der Waals surface area contributed by atoms with Crippen molar-refractivity contribution in [2.45, 2.75) is 13.4 Å². The summed E-state index contributed by atoms with van der Waals surface area (Å²) in [5.41, 5.74) is 0. The summed E-state index contributed by atoms with van der Waals surface area (Å²) in [6.45, 7) is 0.100. The Morgan fingerprint density at radius 1 is 1.25 bits per heavy atom. The Kier molecular flexibility index (Phi) is 6.51. The van der Waals surface area contributed by atoms with Crippen molar-refractivity contribution in [3.8, 4) is 0 Å². The van der Waals surface area contributed by atoms with Crippen molar-refractivity contribution in [3.05, 3.63) is 0 Å². The Hall–Kier alpha value is -0.0000000000000000763. The van der Waals surface area contributed by atoms with Gasteiger partial charge < -0.3 is 4.74 Å². The van der Waals surface area contributed by atoms with Crippen molar-refractivity contribution in [1.29, 1.82) is 0 Å². The molecule has 0 aromatic carbocycles. The molecule has 9 heteroatoms. The summed E-state index contributed by atoms with van der Waals surface area (Å²) in [5.74, 6) is 0. The molecule has 70 valence electrons. The van der Waals surface area contributed by atoms with Crippen molar-refractivity contribution in [1.82, 2.24) is 0 Å². The maximum Gasteiger partial charge on any atom is 0.700 e. The average molecular weight is 218 g/mol. The van der Waals surface area contributed by atoms with Crippen molar-refractivity contribution < 1.29 is 32.7 Å². The third-order valence-corrected chi connectivity index (χ3v) is 1.36. The zero-order valence-corrected chi connectivity index (χ0v) is 7.90. The first-order chi connectivity index (χ1) is 5.56. The number of rotatable bonds is 6. The lowest BCUT2D eigenvalue weighted by Crippen LogP contribution is -2.14. The van der Waals surface area contributed by atoms with E-state index in [1.54, 1.807) is 6.92 Å².